The van der Waals surface area contributed by atoms with E-state index < -0.39 is 0 Å². The number of aromatic nitrogens is 4. The second-order valence-corrected chi connectivity index (χ2v) is 20.0. The minimum absolute atomic E-state index is 0.139. The first kappa shape index (κ1) is 44.1. The summed E-state index contributed by atoms with van der Waals surface area (Å²) in [5.74, 6) is 0. The third-order valence-corrected chi connectivity index (χ3v) is 15.5. The number of hydrogen-bond acceptors (Lipinski definition) is 2. The van der Waals surface area contributed by atoms with E-state index in [-0.39, 0.29) is 33.6 Å². The van der Waals surface area contributed by atoms with Gasteiger partial charge in [0.2, 0.25) is 11.4 Å². The van der Waals surface area contributed by atoms with E-state index in [0.29, 0.717) is 22.7 Å². The molecule has 0 N–H and O–H groups in total. The van der Waals surface area contributed by atoms with Crippen LogP contribution in [0.5, 0.6) is 0 Å². The average Bonchev–Trinajstić information content (AvgIpc) is 4.16. The number of benzene rings is 10. The summed E-state index contributed by atoms with van der Waals surface area (Å²) >= 11 is 0. The molecule has 76 heavy (non-hydrogen) atoms. The van der Waals surface area contributed by atoms with Crippen LogP contribution in [0.25, 0.3) is 131 Å². The first-order valence-corrected chi connectivity index (χ1v) is 25.2. The lowest BCUT2D eigenvalue weighted by Crippen LogP contribution is -2.08. The molecule has 0 saturated heterocycles. The van der Waals surface area contributed by atoms with E-state index in [1.165, 1.54) is 0 Å². The van der Waals surface area contributed by atoms with Crippen LogP contribution in [0.15, 0.2) is 182 Å². The summed E-state index contributed by atoms with van der Waals surface area (Å²) in [4.78, 5) is 9.00. The summed E-state index contributed by atoms with van der Waals surface area (Å²) in [5.41, 5.74) is 14.4. The van der Waals surface area contributed by atoms with Gasteiger partial charge in [-0.2, -0.15) is 10.5 Å². The van der Waals surface area contributed by atoms with Crippen LogP contribution in [0.4, 0.5) is 11.4 Å². The molecular formula is C68H42N8. The van der Waals surface area contributed by atoms with Crippen LogP contribution in [0.1, 0.15) is 33.4 Å². The van der Waals surface area contributed by atoms with Crippen LogP contribution >= 0.6 is 0 Å². The SMILES string of the molecule is [C-]#[N+]c1c(-n2c3ccccc3c3cc(C)ccc32)cc(-n2c3ccccc3c3cc(C)ccc32)c(C#N)c1-c1c(C#N)c(-n2c3ccccc3c3cc(C)ccc32)cc(-n2c3ccccc3c3cc(C)ccc32)c1[N+]#[C-]. The molecule has 354 valence electrons. The van der Waals surface area contributed by atoms with Gasteiger partial charge in [-0.15, -0.1) is 0 Å². The molecule has 8 nitrogen and oxygen atoms in total. The van der Waals surface area contributed by atoms with Gasteiger partial charge in [0.25, 0.3) is 0 Å². The fourth-order valence-corrected chi connectivity index (χ4v) is 12.3. The maximum atomic E-state index is 12.2. The van der Waals surface area contributed by atoms with Gasteiger partial charge in [0.1, 0.15) is 12.1 Å². The zero-order valence-corrected chi connectivity index (χ0v) is 41.9. The van der Waals surface area contributed by atoms with Crippen LogP contribution in [-0.2, 0) is 0 Å². The molecule has 0 fully saturated rings. The molecule has 10 aromatic carbocycles. The Bertz CT molecular complexity index is 4470. The Hall–Kier alpha value is -10.6. The van der Waals surface area contributed by atoms with E-state index in [1.807, 2.05) is 60.7 Å². The van der Waals surface area contributed by atoms with Gasteiger partial charge in [0, 0.05) is 54.2 Å². The van der Waals surface area contributed by atoms with Crippen LogP contribution in [-0.4, -0.2) is 18.3 Å². The standard InChI is InChI=1S/C68H42N8/c1-39-23-27-57-47(31-39)43-15-7-11-19-53(43)73(57)61-35-63(75-55-21-13-9-17-45(55)49-33-41(3)25-29-59(49)75)67(71-5)65(51(61)37-69)66-52(38-70)62(74-54-20-12-8-16-44(54)48-32-40(2)24-28-58(48)74)36-64(68(66)72-6)76-56-22-14-10-18-46(56)50-34-42(4)26-30-60(50)76/h7-36H,1-4H3. The summed E-state index contributed by atoms with van der Waals surface area (Å²) in [7, 11) is 0. The van der Waals surface area contributed by atoms with Gasteiger partial charge in [0.05, 0.1) is 91.2 Å². The number of fused-ring (bicyclic) bond motifs is 12. The van der Waals surface area contributed by atoms with Gasteiger partial charge in [-0.05, 0) is 113 Å². The van der Waals surface area contributed by atoms with Gasteiger partial charge < -0.3 is 18.3 Å². The molecule has 0 amide bonds. The largest absolute Gasteiger partial charge is 0.319 e. The number of rotatable bonds is 5. The van der Waals surface area contributed by atoms with Gasteiger partial charge in [-0.25, -0.2) is 9.69 Å². The summed E-state index contributed by atoms with van der Waals surface area (Å²) in [6.07, 6.45) is 0. The molecular weight excluding hydrogens is 929 g/mol. The molecule has 0 radical (unpaired) electrons. The van der Waals surface area contributed by atoms with Gasteiger partial charge in [-0.1, -0.05) is 119 Å². The summed E-state index contributed by atoms with van der Waals surface area (Å²) < 4.78 is 8.51. The van der Waals surface area contributed by atoms with E-state index in [0.717, 1.165) is 109 Å². The van der Waals surface area contributed by atoms with E-state index in [9.17, 15) is 23.7 Å². The molecule has 0 bridgehead atoms. The highest BCUT2D eigenvalue weighted by Crippen LogP contribution is 2.53. The van der Waals surface area contributed by atoms with Crippen molar-refractivity contribution >= 4 is 98.6 Å². The number of para-hydroxylation sites is 4. The Morgan fingerprint density at radius 1 is 0.316 bits per heavy atom. The quantitative estimate of drug-likeness (QED) is 0.161. The Balaban J connectivity index is 1.25. The van der Waals surface area contributed by atoms with Gasteiger partial charge in [0.15, 0.2) is 0 Å². The fraction of sp³-hybridized carbons (Fsp3) is 0.0588. The molecule has 0 atom stereocenters. The highest BCUT2D eigenvalue weighted by Gasteiger charge is 2.33. The zero-order valence-electron chi connectivity index (χ0n) is 41.9. The first-order chi connectivity index (χ1) is 37.2. The maximum absolute atomic E-state index is 12.2. The normalized spacial score (nSPS) is 11.6. The van der Waals surface area contributed by atoms with Crippen molar-refractivity contribution in [1.82, 2.24) is 18.3 Å². The average molecular weight is 971 g/mol. The number of nitrogens with zero attached hydrogens (tertiary/aromatic N) is 8. The lowest BCUT2D eigenvalue weighted by atomic mass is 9.89. The van der Waals surface area contributed by atoms with Crippen molar-refractivity contribution in [2.24, 2.45) is 0 Å². The molecule has 0 saturated carbocycles. The van der Waals surface area contributed by atoms with E-state index >= 15 is 0 Å². The molecule has 0 aliphatic rings. The number of nitriles is 2. The monoisotopic (exact) mass is 970 g/mol. The Morgan fingerprint density at radius 2 is 0.566 bits per heavy atom. The molecule has 4 heterocycles. The minimum atomic E-state index is 0.139. The molecule has 0 spiro atoms. The van der Waals surface area contributed by atoms with Crippen molar-refractivity contribution in [2.45, 2.75) is 27.7 Å². The summed E-state index contributed by atoms with van der Waals surface area (Å²) in [5, 5.41) is 32.4. The van der Waals surface area contributed by atoms with Gasteiger partial charge >= 0.3 is 0 Å². The van der Waals surface area contributed by atoms with E-state index in [2.05, 4.69) is 189 Å². The van der Waals surface area contributed by atoms with Crippen molar-refractivity contribution < 1.29 is 0 Å². The second-order valence-electron chi connectivity index (χ2n) is 20.0. The summed E-state index contributed by atoms with van der Waals surface area (Å²) in [6, 6.07) is 67.5. The zero-order chi connectivity index (χ0) is 51.7. The first-order valence-electron chi connectivity index (χ1n) is 25.2. The third kappa shape index (κ3) is 6.08. The number of aryl methyl sites for hydroxylation is 4. The maximum Gasteiger partial charge on any atom is 0.218 e. The topological polar surface area (TPSA) is 76.0 Å². The Kier molecular flexibility index (Phi) is 9.54. The van der Waals surface area contributed by atoms with Crippen LogP contribution < -0.4 is 0 Å². The Labute approximate surface area is 437 Å². The smallest absolute Gasteiger partial charge is 0.218 e. The highest BCUT2D eigenvalue weighted by atomic mass is 15.1. The van der Waals surface area contributed by atoms with Crippen molar-refractivity contribution in [3.05, 3.63) is 238 Å². The lowest BCUT2D eigenvalue weighted by Gasteiger charge is -2.24. The fourth-order valence-electron chi connectivity index (χ4n) is 12.3. The predicted molar refractivity (Wildman–Crippen MR) is 310 cm³/mol. The summed E-state index contributed by atoms with van der Waals surface area (Å²) in [6.45, 7) is 27.2. The van der Waals surface area contributed by atoms with E-state index in [1.54, 1.807) is 0 Å². The van der Waals surface area contributed by atoms with Crippen molar-refractivity contribution in [3.63, 3.8) is 0 Å². The van der Waals surface area contributed by atoms with Crippen LogP contribution in [0.3, 0.4) is 0 Å². The highest BCUT2D eigenvalue weighted by molar-refractivity contribution is 6.16. The van der Waals surface area contributed by atoms with Crippen LogP contribution in [0.2, 0.25) is 0 Å². The van der Waals surface area contributed by atoms with Crippen LogP contribution in [0, 0.1) is 63.5 Å². The van der Waals surface area contributed by atoms with Crippen molar-refractivity contribution in [2.75, 3.05) is 0 Å². The third-order valence-electron chi connectivity index (χ3n) is 15.5. The molecule has 14 rings (SSSR count). The predicted octanol–water partition coefficient (Wildman–Crippen LogP) is 17.8. The molecule has 8 heteroatoms. The minimum Gasteiger partial charge on any atom is -0.319 e. The molecule has 0 aliphatic heterocycles. The van der Waals surface area contributed by atoms with Crippen molar-refractivity contribution in [1.29, 1.82) is 10.5 Å². The Morgan fingerprint density at radius 3 is 0.829 bits per heavy atom. The lowest BCUT2D eigenvalue weighted by molar-refractivity contribution is 1.12. The van der Waals surface area contributed by atoms with Gasteiger partial charge in [-0.3, -0.25) is 0 Å². The van der Waals surface area contributed by atoms with E-state index in [4.69, 9.17) is 0 Å². The molecule has 0 unspecified atom stereocenters. The number of hydrogen-bond donors (Lipinski definition) is 0. The molecule has 4 aromatic heterocycles. The second kappa shape index (κ2) is 16.4. The van der Waals surface area contributed by atoms with Crippen molar-refractivity contribution in [3.8, 4) is 46.0 Å². The molecule has 0 aliphatic carbocycles. The molecule has 14 aromatic rings.